The predicted molar refractivity (Wildman–Crippen MR) is 107 cm³/mol. The Bertz CT molecular complexity index is 757. The largest absolute Gasteiger partial charge is 0.480 e. The normalized spacial score (nSPS) is 13.5. The van der Waals surface area contributed by atoms with E-state index in [0.29, 0.717) is 5.69 Å². The fourth-order valence-electron chi connectivity index (χ4n) is 2.28. The molecule has 0 aromatic carbocycles. The molecule has 3 unspecified atom stereocenters. The molecule has 1 aromatic rings. The minimum atomic E-state index is -1.36. The Morgan fingerprint density at radius 3 is 2.40 bits per heavy atom. The van der Waals surface area contributed by atoms with Crippen molar-refractivity contribution >= 4 is 42.2 Å². The van der Waals surface area contributed by atoms with Crippen LogP contribution in [0.3, 0.4) is 0 Å². The SMILES string of the molecule is NC(=O)CCC(NC(=O)C(CS)NC(=O)CNC(=O)C(N)Cc1cnc[nH]1)C(=O)O. The number of imidazole rings is 1. The predicted octanol–water partition coefficient (Wildman–Crippen LogP) is -3.35. The molecule has 0 aliphatic carbocycles. The Labute approximate surface area is 177 Å². The number of rotatable bonds is 13. The molecule has 0 saturated heterocycles. The number of nitrogens with one attached hydrogen (secondary N) is 4. The van der Waals surface area contributed by atoms with Gasteiger partial charge in [0.1, 0.15) is 12.1 Å². The summed E-state index contributed by atoms with van der Waals surface area (Å²) >= 11 is 3.97. The van der Waals surface area contributed by atoms with Crippen molar-refractivity contribution in [2.75, 3.05) is 12.3 Å². The van der Waals surface area contributed by atoms with Gasteiger partial charge in [-0.15, -0.1) is 0 Å². The number of aliphatic carboxylic acids is 1. The van der Waals surface area contributed by atoms with Crippen LogP contribution in [0.1, 0.15) is 18.5 Å². The molecule has 14 heteroatoms. The Kier molecular flexibility index (Phi) is 10.3. The third-order valence-electron chi connectivity index (χ3n) is 3.88. The van der Waals surface area contributed by atoms with Crippen molar-refractivity contribution < 1.29 is 29.1 Å². The van der Waals surface area contributed by atoms with Gasteiger partial charge in [0, 0.05) is 30.5 Å². The second-order valence-electron chi connectivity index (χ2n) is 6.31. The Balaban J connectivity index is 2.49. The lowest BCUT2D eigenvalue weighted by Gasteiger charge is -2.20. The summed E-state index contributed by atoms with van der Waals surface area (Å²) in [5.74, 6) is -4.28. The van der Waals surface area contributed by atoms with E-state index >= 15 is 0 Å². The molecular weight excluding hydrogens is 418 g/mol. The van der Waals surface area contributed by atoms with E-state index in [1.54, 1.807) is 0 Å². The number of carboxylic acids is 1. The van der Waals surface area contributed by atoms with Crippen molar-refractivity contribution in [2.24, 2.45) is 11.5 Å². The average molecular weight is 443 g/mol. The van der Waals surface area contributed by atoms with Gasteiger partial charge in [0.15, 0.2) is 0 Å². The van der Waals surface area contributed by atoms with Crippen LogP contribution in [-0.4, -0.2) is 75.1 Å². The topological polar surface area (TPSA) is 222 Å². The zero-order valence-electron chi connectivity index (χ0n) is 16.0. The average Bonchev–Trinajstić information content (AvgIpc) is 3.19. The Morgan fingerprint density at radius 1 is 1.17 bits per heavy atom. The third-order valence-corrected chi connectivity index (χ3v) is 4.25. The van der Waals surface area contributed by atoms with E-state index < -0.39 is 54.3 Å². The van der Waals surface area contributed by atoms with Gasteiger partial charge >= 0.3 is 5.97 Å². The number of thiol groups is 1. The highest BCUT2D eigenvalue weighted by Gasteiger charge is 2.26. The third kappa shape index (κ3) is 8.91. The van der Waals surface area contributed by atoms with Crippen LogP contribution >= 0.6 is 12.6 Å². The number of nitrogens with two attached hydrogens (primary N) is 2. The van der Waals surface area contributed by atoms with Crippen LogP contribution in [0, 0.1) is 0 Å². The number of hydrogen-bond acceptors (Lipinski definition) is 8. The highest BCUT2D eigenvalue weighted by molar-refractivity contribution is 7.80. The fourth-order valence-corrected chi connectivity index (χ4v) is 2.54. The molecule has 0 fully saturated rings. The van der Waals surface area contributed by atoms with Gasteiger partial charge in [-0.1, -0.05) is 0 Å². The van der Waals surface area contributed by atoms with Gasteiger partial charge in [0.05, 0.1) is 18.9 Å². The molecule has 9 N–H and O–H groups in total. The zero-order chi connectivity index (χ0) is 22.7. The van der Waals surface area contributed by atoms with E-state index in [1.165, 1.54) is 12.5 Å². The second-order valence-corrected chi connectivity index (χ2v) is 6.68. The van der Waals surface area contributed by atoms with Crippen LogP contribution in [0.2, 0.25) is 0 Å². The summed E-state index contributed by atoms with van der Waals surface area (Å²) in [4.78, 5) is 64.8. The van der Waals surface area contributed by atoms with Gasteiger partial charge in [-0.05, 0) is 6.42 Å². The smallest absolute Gasteiger partial charge is 0.326 e. The zero-order valence-corrected chi connectivity index (χ0v) is 16.9. The standard InChI is InChI=1S/C16H25N7O6S/c17-9(3-8-4-19-7-21-8)14(26)20-5-13(25)22-11(6-30)15(27)23-10(16(28)29)1-2-12(18)24/h4,7,9-11,30H,1-3,5-6,17H2,(H2,18,24)(H,19,21)(H,20,26)(H,22,25)(H,23,27)(H,28,29). The van der Waals surface area contributed by atoms with Crippen LogP contribution in [0.25, 0.3) is 0 Å². The minimum absolute atomic E-state index is 0.132. The number of aromatic nitrogens is 2. The molecule has 3 atom stereocenters. The molecule has 4 amide bonds. The van der Waals surface area contributed by atoms with Crippen molar-refractivity contribution in [1.29, 1.82) is 0 Å². The van der Waals surface area contributed by atoms with Crippen molar-refractivity contribution in [3.8, 4) is 0 Å². The highest BCUT2D eigenvalue weighted by atomic mass is 32.1. The summed E-state index contributed by atoms with van der Waals surface area (Å²) in [6, 6.07) is -3.43. The molecule has 1 aromatic heterocycles. The molecule has 13 nitrogen and oxygen atoms in total. The number of H-pyrrole nitrogens is 1. The highest BCUT2D eigenvalue weighted by Crippen LogP contribution is 2.00. The summed E-state index contributed by atoms with van der Waals surface area (Å²) in [6.07, 6.45) is 2.72. The Morgan fingerprint density at radius 2 is 1.87 bits per heavy atom. The molecule has 0 saturated carbocycles. The van der Waals surface area contributed by atoms with Gasteiger partial charge in [-0.25, -0.2) is 9.78 Å². The lowest BCUT2D eigenvalue weighted by Crippen LogP contribution is -2.54. The van der Waals surface area contributed by atoms with Crippen LogP contribution in [-0.2, 0) is 30.4 Å². The van der Waals surface area contributed by atoms with Crippen LogP contribution < -0.4 is 27.4 Å². The molecule has 0 aliphatic heterocycles. The van der Waals surface area contributed by atoms with Crippen LogP contribution in [0.4, 0.5) is 0 Å². The number of aromatic amines is 1. The van der Waals surface area contributed by atoms with E-state index in [-0.39, 0.29) is 25.0 Å². The number of primary amides is 1. The van der Waals surface area contributed by atoms with E-state index in [1.807, 2.05) is 0 Å². The molecule has 1 rings (SSSR count). The first-order valence-electron chi connectivity index (χ1n) is 8.86. The summed E-state index contributed by atoms with van der Waals surface area (Å²) in [5, 5.41) is 16.0. The molecule has 1 heterocycles. The number of carbonyl (C=O) groups is 5. The molecule has 0 radical (unpaired) electrons. The summed E-state index contributed by atoms with van der Waals surface area (Å²) in [6.45, 7) is -0.447. The van der Waals surface area contributed by atoms with Crippen LogP contribution in [0.15, 0.2) is 12.5 Å². The van der Waals surface area contributed by atoms with Gasteiger partial charge in [-0.3, -0.25) is 19.2 Å². The van der Waals surface area contributed by atoms with E-state index in [9.17, 15) is 24.0 Å². The van der Waals surface area contributed by atoms with Gasteiger partial charge in [0.25, 0.3) is 0 Å². The van der Waals surface area contributed by atoms with Crippen molar-refractivity contribution in [2.45, 2.75) is 37.4 Å². The first kappa shape index (κ1) is 24.9. The lowest BCUT2D eigenvalue weighted by molar-refractivity contribution is -0.142. The maximum atomic E-state index is 12.2. The number of nitrogens with zero attached hydrogens (tertiary/aromatic N) is 1. The monoisotopic (exact) mass is 443 g/mol. The van der Waals surface area contributed by atoms with Crippen molar-refractivity contribution in [3.63, 3.8) is 0 Å². The summed E-state index contributed by atoms with van der Waals surface area (Å²) in [7, 11) is 0. The number of carbonyl (C=O) groups excluding carboxylic acids is 4. The van der Waals surface area contributed by atoms with E-state index in [0.717, 1.165) is 0 Å². The first-order valence-corrected chi connectivity index (χ1v) is 9.49. The molecule has 0 aliphatic rings. The van der Waals surface area contributed by atoms with Crippen LogP contribution in [0.5, 0.6) is 0 Å². The summed E-state index contributed by atoms with van der Waals surface area (Å²) in [5.41, 5.74) is 11.4. The number of hydrogen-bond donors (Lipinski definition) is 8. The lowest BCUT2D eigenvalue weighted by atomic mass is 10.1. The summed E-state index contributed by atoms with van der Waals surface area (Å²) < 4.78 is 0. The van der Waals surface area contributed by atoms with Gasteiger partial charge in [0.2, 0.25) is 23.6 Å². The second kappa shape index (κ2) is 12.4. The molecule has 0 bridgehead atoms. The maximum absolute atomic E-state index is 12.2. The molecule has 0 spiro atoms. The maximum Gasteiger partial charge on any atom is 0.326 e. The number of amides is 4. The molecular formula is C16H25N7O6S. The quantitative estimate of drug-likeness (QED) is 0.143. The number of carboxylic acid groups (broad SMARTS) is 1. The van der Waals surface area contributed by atoms with Crippen molar-refractivity contribution in [1.82, 2.24) is 25.9 Å². The molecule has 30 heavy (non-hydrogen) atoms. The van der Waals surface area contributed by atoms with Gasteiger partial charge in [-0.2, -0.15) is 12.6 Å². The van der Waals surface area contributed by atoms with E-state index in [2.05, 4.69) is 38.5 Å². The van der Waals surface area contributed by atoms with Gasteiger partial charge < -0.3 is 37.5 Å². The Hall–Kier alpha value is -3.13. The van der Waals surface area contributed by atoms with Crippen molar-refractivity contribution in [3.05, 3.63) is 18.2 Å². The first-order chi connectivity index (χ1) is 14.1. The minimum Gasteiger partial charge on any atom is -0.480 e. The van der Waals surface area contributed by atoms with E-state index in [4.69, 9.17) is 16.6 Å². The fraction of sp³-hybridized carbons (Fsp3) is 0.500. The molecule has 166 valence electrons.